The van der Waals surface area contributed by atoms with Crippen LogP contribution in [0.3, 0.4) is 0 Å². The Morgan fingerprint density at radius 1 is 0.963 bits per heavy atom. The lowest BCUT2D eigenvalue weighted by Crippen LogP contribution is -2.42. The average molecular weight is 382 g/mol. The molecule has 2 atom stereocenters. The van der Waals surface area contributed by atoms with Crippen LogP contribution in [0.25, 0.3) is 0 Å². The van der Waals surface area contributed by atoms with E-state index in [-0.39, 0.29) is 13.0 Å². The molecule has 1 aliphatic carbocycles. The maximum absolute atomic E-state index is 13.2. The zero-order valence-electron chi connectivity index (χ0n) is 15.7. The molecule has 3 rings (SSSR count). The molecule has 3 nitrogen and oxygen atoms in total. The number of hydrogen-bond acceptors (Lipinski definition) is 2. The fraction of sp³-hybridized carbons (Fsp3) is 0.667. The second kappa shape index (κ2) is 9.09. The molecule has 1 aromatic carbocycles. The van der Waals surface area contributed by atoms with Gasteiger partial charge in [-0.2, -0.15) is 13.2 Å². The first-order valence-corrected chi connectivity index (χ1v) is 10.1. The predicted octanol–water partition coefficient (Wildman–Crippen LogP) is 4.66. The van der Waals surface area contributed by atoms with Gasteiger partial charge in [-0.3, -0.25) is 9.69 Å². The summed E-state index contributed by atoms with van der Waals surface area (Å²) < 4.78 is 39.5. The smallest absolute Gasteiger partial charge is 0.352 e. The molecule has 0 aromatic heterocycles. The predicted molar refractivity (Wildman–Crippen MR) is 98.9 cm³/mol. The van der Waals surface area contributed by atoms with Crippen molar-refractivity contribution in [3.05, 3.63) is 35.4 Å². The van der Waals surface area contributed by atoms with Gasteiger partial charge in [-0.15, -0.1) is 0 Å². The molecule has 0 radical (unpaired) electrons. The van der Waals surface area contributed by atoms with Gasteiger partial charge in [0, 0.05) is 19.0 Å². The summed E-state index contributed by atoms with van der Waals surface area (Å²) in [6.07, 6.45) is 1.15. The topological polar surface area (TPSA) is 32.3 Å². The molecule has 27 heavy (non-hydrogen) atoms. The number of halogens is 3. The number of benzene rings is 1. The maximum atomic E-state index is 13.2. The van der Waals surface area contributed by atoms with Gasteiger partial charge in [0.15, 0.2) is 0 Å². The van der Waals surface area contributed by atoms with E-state index in [9.17, 15) is 18.0 Å². The first-order valence-electron chi connectivity index (χ1n) is 10.1. The fourth-order valence-electron chi connectivity index (χ4n) is 4.29. The second-order valence-corrected chi connectivity index (χ2v) is 7.91. The zero-order valence-corrected chi connectivity index (χ0v) is 15.7. The highest BCUT2D eigenvalue weighted by Crippen LogP contribution is 2.41. The van der Waals surface area contributed by atoms with Gasteiger partial charge in [-0.05, 0) is 49.9 Å². The molecule has 150 valence electrons. The summed E-state index contributed by atoms with van der Waals surface area (Å²) in [6, 6.07) is 8.02. The van der Waals surface area contributed by atoms with Crippen LogP contribution in [0.1, 0.15) is 56.1 Å². The molecular weight excluding hydrogens is 353 g/mol. The van der Waals surface area contributed by atoms with E-state index >= 15 is 0 Å². The largest absolute Gasteiger partial charge is 0.392 e. The Hall–Kier alpha value is -1.56. The minimum Gasteiger partial charge on any atom is -0.352 e. The number of alkyl halides is 3. The van der Waals surface area contributed by atoms with Crippen LogP contribution in [-0.4, -0.2) is 30.1 Å². The second-order valence-electron chi connectivity index (χ2n) is 7.91. The Morgan fingerprint density at radius 2 is 1.59 bits per heavy atom. The molecule has 6 heteroatoms. The molecule has 1 heterocycles. The fourth-order valence-corrected chi connectivity index (χ4v) is 4.29. The van der Waals surface area contributed by atoms with Gasteiger partial charge < -0.3 is 5.32 Å². The third-order valence-corrected chi connectivity index (χ3v) is 5.87. The van der Waals surface area contributed by atoms with Gasteiger partial charge in [-0.1, -0.05) is 43.5 Å². The normalized spacial score (nSPS) is 24.6. The van der Waals surface area contributed by atoms with Crippen molar-refractivity contribution in [2.45, 2.75) is 64.2 Å². The van der Waals surface area contributed by atoms with Crippen molar-refractivity contribution in [2.75, 3.05) is 13.1 Å². The first kappa shape index (κ1) is 20.2. The average Bonchev–Trinajstić information content (AvgIpc) is 2.67. The van der Waals surface area contributed by atoms with Crippen LogP contribution in [0, 0.1) is 11.8 Å². The molecule has 0 spiro atoms. The Balaban J connectivity index is 1.50. The van der Waals surface area contributed by atoms with E-state index < -0.39 is 23.9 Å². The van der Waals surface area contributed by atoms with E-state index in [2.05, 4.69) is 22.3 Å². The van der Waals surface area contributed by atoms with Gasteiger partial charge in [0.05, 0.1) is 5.92 Å². The lowest BCUT2D eigenvalue weighted by molar-refractivity contribution is -0.198. The number of carbonyl (C=O) groups excluding carboxylic acids is 1. The minimum atomic E-state index is -4.29. The van der Waals surface area contributed by atoms with Crippen molar-refractivity contribution < 1.29 is 18.0 Å². The summed E-state index contributed by atoms with van der Waals surface area (Å²) in [5, 5.41) is 2.72. The number of nitrogens with zero attached hydrogens (tertiary/aromatic N) is 1. The van der Waals surface area contributed by atoms with Crippen LogP contribution in [-0.2, 0) is 17.9 Å². The summed E-state index contributed by atoms with van der Waals surface area (Å²) in [5.74, 6) is -2.91. The van der Waals surface area contributed by atoms with Crippen molar-refractivity contribution in [1.29, 1.82) is 0 Å². The highest BCUT2D eigenvalue weighted by molar-refractivity contribution is 5.79. The van der Waals surface area contributed by atoms with E-state index in [1.165, 1.54) is 24.8 Å². The molecule has 1 saturated carbocycles. The standard InChI is InChI=1S/C21H29F3N2O/c22-21(23,24)19-7-3-2-6-18(19)20(27)25-14-16-8-10-17(11-9-16)15-26-12-4-1-5-13-26/h8-11,18-19H,1-7,12-15H2,(H,25,27). The number of amides is 1. The van der Waals surface area contributed by atoms with Gasteiger partial charge in [0.2, 0.25) is 5.91 Å². The van der Waals surface area contributed by atoms with E-state index in [1.54, 1.807) is 0 Å². The Labute approximate surface area is 159 Å². The van der Waals surface area contributed by atoms with Crippen LogP contribution < -0.4 is 5.32 Å². The number of piperidine rings is 1. The molecule has 1 saturated heterocycles. The molecule has 1 amide bonds. The SMILES string of the molecule is O=C(NCc1ccc(CN2CCCCC2)cc1)C1CCCCC1C(F)(F)F. The van der Waals surface area contributed by atoms with Crippen molar-refractivity contribution in [1.82, 2.24) is 10.2 Å². The molecule has 1 aliphatic heterocycles. The molecule has 2 aliphatic rings. The highest BCUT2D eigenvalue weighted by atomic mass is 19.4. The van der Waals surface area contributed by atoms with Crippen molar-refractivity contribution in [2.24, 2.45) is 11.8 Å². The van der Waals surface area contributed by atoms with Crippen molar-refractivity contribution >= 4 is 5.91 Å². The number of nitrogens with one attached hydrogen (secondary N) is 1. The molecule has 1 aromatic rings. The van der Waals surface area contributed by atoms with Crippen LogP contribution in [0.4, 0.5) is 13.2 Å². The summed E-state index contributed by atoms with van der Waals surface area (Å²) in [7, 11) is 0. The van der Waals surface area contributed by atoms with Crippen LogP contribution in [0.2, 0.25) is 0 Å². The third-order valence-electron chi connectivity index (χ3n) is 5.87. The quantitative estimate of drug-likeness (QED) is 0.803. The van der Waals surface area contributed by atoms with Crippen LogP contribution >= 0.6 is 0 Å². The molecule has 2 unspecified atom stereocenters. The van der Waals surface area contributed by atoms with E-state index in [1.807, 2.05) is 12.1 Å². The lowest BCUT2D eigenvalue weighted by Gasteiger charge is -2.32. The van der Waals surface area contributed by atoms with E-state index in [4.69, 9.17) is 0 Å². The van der Waals surface area contributed by atoms with Gasteiger partial charge in [0.25, 0.3) is 0 Å². The Bertz CT molecular complexity index is 609. The number of likely N-dealkylation sites (tertiary alicyclic amines) is 1. The molecule has 0 bridgehead atoms. The number of carbonyl (C=O) groups is 1. The summed E-state index contributed by atoms with van der Waals surface area (Å²) in [4.78, 5) is 14.8. The zero-order chi connectivity index (χ0) is 19.3. The Kier molecular flexibility index (Phi) is 6.79. The Morgan fingerprint density at radius 3 is 2.26 bits per heavy atom. The molecule has 2 fully saturated rings. The van der Waals surface area contributed by atoms with Gasteiger partial charge >= 0.3 is 6.18 Å². The summed E-state index contributed by atoms with van der Waals surface area (Å²) >= 11 is 0. The van der Waals surface area contributed by atoms with Crippen LogP contribution in [0.5, 0.6) is 0 Å². The van der Waals surface area contributed by atoms with E-state index in [0.29, 0.717) is 19.3 Å². The minimum absolute atomic E-state index is 0.0623. The third kappa shape index (κ3) is 5.71. The number of hydrogen-bond donors (Lipinski definition) is 1. The van der Waals surface area contributed by atoms with Crippen molar-refractivity contribution in [3.8, 4) is 0 Å². The van der Waals surface area contributed by atoms with Crippen LogP contribution in [0.15, 0.2) is 24.3 Å². The van der Waals surface area contributed by atoms with E-state index in [0.717, 1.165) is 25.2 Å². The molecular formula is C21H29F3N2O. The van der Waals surface area contributed by atoms with Gasteiger partial charge in [0.1, 0.15) is 0 Å². The molecule has 1 N–H and O–H groups in total. The maximum Gasteiger partial charge on any atom is 0.392 e. The first-order chi connectivity index (χ1) is 12.9. The number of rotatable bonds is 5. The summed E-state index contributed by atoms with van der Waals surface area (Å²) in [5.41, 5.74) is 2.15. The lowest BCUT2D eigenvalue weighted by atomic mass is 9.78. The van der Waals surface area contributed by atoms with Gasteiger partial charge in [-0.25, -0.2) is 0 Å². The monoisotopic (exact) mass is 382 g/mol. The highest BCUT2D eigenvalue weighted by Gasteiger charge is 2.47. The van der Waals surface area contributed by atoms with Crippen molar-refractivity contribution in [3.63, 3.8) is 0 Å². The summed E-state index contributed by atoms with van der Waals surface area (Å²) in [6.45, 7) is 3.49.